The molecule has 0 saturated carbocycles. The molecule has 0 aliphatic heterocycles. The van der Waals surface area contributed by atoms with Crippen LogP contribution in [0.3, 0.4) is 0 Å². The van der Waals surface area contributed by atoms with Gasteiger partial charge in [0.2, 0.25) is 0 Å². The highest BCUT2D eigenvalue weighted by molar-refractivity contribution is 7.99. The van der Waals surface area contributed by atoms with E-state index in [0.29, 0.717) is 5.82 Å². The zero-order chi connectivity index (χ0) is 9.68. The molecule has 0 saturated heterocycles. The summed E-state index contributed by atoms with van der Waals surface area (Å²) in [7, 11) is 0. The predicted octanol–water partition coefficient (Wildman–Crippen LogP) is 2.90. The molecule has 0 fully saturated rings. The maximum Gasteiger partial charge on any atom is 0.123 e. The summed E-state index contributed by atoms with van der Waals surface area (Å²) in [6.45, 7) is 1.99. The average Bonchev–Trinajstić information content (AvgIpc) is 2.16. The summed E-state index contributed by atoms with van der Waals surface area (Å²) in [5.74, 6) is 1.43. The molecule has 4 heteroatoms. The first kappa shape index (κ1) is 10.4. The molecule has 0 bridgehead atoms. The van der Waals surface area contributed by atoms with Crippen LogP contribution in [-0.4, -0.2) is 10.7 Å². The Morgan fingerprint density at radius 3 is 3.00 bits per heavy atom. The van der Waals surface area contributed by atoms with Crippen molar-refractivity contribution in [2.75, 3.05) is 11.5 Å². The van der Waals surface area contributed by atoms with Gasteiger partial charge in [-0.1, -0.05) is 17.2 Å². The van der Waals surface area contributed by atoms with E-state index in [-0.39, 0.29) is 0 Å². The van der Waals surface area contributed by atoms with Crippen molar-refractivity contribution in [3.8, 4) is 0 Å². The van der Waals surface area contributed by atoms with Crippen LogP contribution >= 0.6 is 23.4 Å². The Kier molecular flexibility index (Phi) is 4.12. The van der Waals surface area contributed by atoms with Gasteiger partial charge in [0.15, 0.2) is 0 Å². The minimum Gasteiger partial charge on any atom is -0.384 e. The van der Waals surface area contributed by atoms with Gasteiger partial charge < -0.3 is 5.73 Å². The molecule has 1 rings (SSSR count). The lowest BCUT2D eigenvalue weighted by atomic mass is 10.4. The SMILES string of the molecule is C/C(=C/Cl)CSc1ccc(N)nc1. The van der Waals surface area contributed by atoms with Crippen molar-refractivity contribution in [2.45, 2.75) is 11.8 Å². The molecule has 2 nitrogen and oxygen atoms in total. The van der Waals surface area contributed by atoms with Gasteiger partial charge in [-0.15, -0.1) is 11.8 Å². The number of rotatable bonds is 3. The zero-order valence-electron chi connectivity index (χ0n) is 7.33. The van der Waals surface area contributed by atoms with Crippen LogP contribution in [-0.2, 0) is 0 Å². The summed E-state index contributed by atoms with van der Waals surface area (Å²) in [5.41, 5.74) is 8.19. The standard InChI is InChI=1S/C9H11ClN2S/c1-7(4-10)6-13-8-2-3-9(11)12-5-8/h2-5H,6H2,1H3,(H2,11,12)/b7-4-. The molecule has 0 aromatic carbocycles. The van der Waals surface area contributed by atoms with Crippen molar-refractivity contribution in [1.29, 1.82) is 0 Å². The molecule has 13 heavy (non-hydrogen) atoms. The number of anilines is 1. The molecule has 0 spiro atoms. The molecule has 0 amide bonds. The van der Waals surface area contributed by atoms with Crippen LogP contribution in [0, 0.1) is 0 Å². The van der Waals surface area contributed by atoms with E-state index in [2.05, 4.69) is 4.98 Å². The predicted molar refractivity (Wildman–Crippen MR) is 59.0 cm³/mol. The Labute approximate surface area is 87.2 Å². The summed E-state index contributed by atoms with van der Waals surface area (Å²) >= 11 is 7.22. The highest BCUT2D eigenvalue weighted by Gasteiger charge is 1.95. The van der Waals surface area contributed by atoms with Crippen molar-refractivity contribution in [3.63, 3.8) is 0 Å². The third kappa shape index (κ3) is 3.70. The number of aromatic nitrogens is 1. The first-order chi connectivity index (χ1) is 6.22. The molecule has 1 aromatic heterocycles. The molecule has 70 valence electrons. The van der Waals surface area contributed by atoms with Gasteiger partial charge in [0.05, 0.1) is 0 Å². The smallest absolute Gasteiger partial charge is 0.123 e. The van der Waals surface area contributed by atoms with E-state index in [9.17, 15) is 0 Å². The van der Waals surface area contributed by atoms with Crippen LogP contribution in [0.2, 0.25) is 0 Å². The topological polar surface area (TPSA) is 38.9 Å². The minimum atomic E-state index is 0.550. The van der Waals surface area contributed by atoms with E-state index in [1.807, 2.05) is 13.0 Å². The molecule has 0 unspecified atom stereocenters. The molecular formula is C9H11ClN2S. The number of pyridine rings is 1. The van der Waals surface area contributed by atoms with Gasteiger partial charge in [-0.2, -0.15) is 0 Å². The average molecular weight is 215 g/mol. The van der Waals surface area contributed by atoms with Crippen LogP contribution in [0.5, 0.6) is 0 Å². The van der Waals surface area contributed by atoms with Crippen molar-refractivity contribution in [3.05, 3.63) is 29.4 Å². The quantitative estimate of drug-likeness (QED) is 0.787. The number of nitrogens with zero attached hydrogens (tertiary/aromatic N) is 1. The molecule has 2 N–H and O–H groups in total. The number of nitrogens with two attached hydrogens (primary N) is 1. The second-order valence-electron chi connectivity index (χ2n) is 2.66. The fourth-order valence-electron chi connectivity index (χ4n) is 0.706. The Morgan fingerprint density at radius 2 is 2.46 bits per heavy atom. The Morgan fingerprint density at radius 1 is 1.69 bits per heavy atom. The molecule has 0 aliphatic carbocycles. The Balaban J connectivity index is 2.51. The third-order valence-corrected chi connectivity index (χ3v) is 2.96. The van der Waals surface area contributed by atoms with Gasteiger partial charge in [0.25, 0.3) is 0 Å². The first-order valence-corrected chi connectivity index (χ1v) is 5.25. The Bertz CT molecular complexity index is 295. The maximum absolute atomic E-state index is 5.53. The second kappa shape index (κ2) is 5.14. The van der Waals surface area contributed by atoms with E-state index in [1.165, 1.54) is 0 Å². The van der Waals surface area contributed by atoms with Crippen LogP contribution in [0.1, 0.15) is 6.92 Å². The van der Waals surface area contributed by atoms with E-state index >= 15 is 0 Å². The minimum absolute atomic E-state index is 0.550. The summed E-state index contributed by atoms with van der Waals surface area (Å²) in [6, 6.07) is 3.75. The third-order valence-electron chi connectivity index (χ3n) is 1.41. The highest BCUT2D eigenvalue weighted by atomic mass is 35.5. The van der Waals surface area contributed by atoms with Crippen LogP contribution in [0.4, 0.5) is 5.82 Å². The van der Waals surface area contributed by atoms with Crippen LogP contribution in [0.25, 0.3) is 0 Å². The highest BCUT2D eigenvalue weighted by Crippen LogP contribution is 2.20. The van der Waals surface area contributed by atoms with Gasteiger partial charge in [0, 0.05) is 22.4 Å². The second-order valence-corrected chi connectivity index (χ2v) is 3.93. The molecule has 0 atom stereocenters. The molecule has 0 radical (unpaired) electrons. The van der Waals surface area contributed by atoms with E-state index in [1.54, 1.807) is 29.6 Å². The van der Waals surface area contributed by atoms with Gasteiger partial charge in [-0.05, 0) is 19.1 Å². The molecule has 0 aliphatic rings. The normalized spacial score (nSPS) is 11.7. The van der Waals surface area contributed by atoms with Crippen molar-refractivity contribution >= 4 is 29.2 Å². The van der Waals surface area contributed by atoms with Crippen LogP contribution < -0.4 is 5.73 Å². The van der Waals surface area contributed by atoms with Gasteiger partial charge in [-0.3, -0.25) is 0 Å². The maximum atomic E-state index is 5.53. The largest absolute Gasteiger partial charge is 0.384 e. The van der Waals surface area contributed by atoms with E-state index in [0.717, 1.165) is 16.2 Å². The summed E-state index contributed by atoms with van der Waals surface area (Å²) in [6.07, 6.45) is 1.77. The van der Waals surface area contributed by atoms with E-state index < -0.39 is 0 Å². The number of hydrogen-bond donors (Lipinski definition) is 1. The zero-order valence-corrected chi connectivity index (χ0v) is 8.90. The summed E-state index contributed by atoms with van der Waals surface area (Å²) in [4.78, 5) is 5.09. The Hall–Kier alpha value is -0.670. The summed E-state index contributed by atoms with van der Waals surface area (Å²) in [5, 5.41) is 0. The fourth-order valence-corrected chi connectivity index (χ4v) is 1.64. The summed E-state index contributed by atoms with van der Waals surface area (Å²) < 4.78 is 0. The number of thioether (sulfide) groups is 1. The number of nitrogen functional groups attached to an aromatic ring is 1. The van der Waals surface area contributed by atoms with Gasteiger partial charge in [0.1, 0.15) is 5.82 Å². The van der Waals surface area contributed by atoms with Crippen molar-refractivity contribution < 1.29 is 0 Å². The van der Waals surface area contributed by atoms with Crippen LogP contribution in [0.15, 0.2) is 34.3 Å². The lowest BCUT2D eigenvalue weighted by Gasteiger charge is -2.00. The lowest BCUT2D eigenvalue weighted by molar-refractivity contribution is 1.24. The lowest BCUT2D eigenvalue weighted by Crippen LogP contribution is -1.88. The fraction of sp³-hybridized carbons (Fsp3) is 0.222. The molecule has 1 heterocycles. The molecule has 1 aromatic rings. The van der Waals surface area contributed by atoms with Crippen molar-refractivity contribution in [1.82, 2.24) is 4.98 Å². The van der Waals surface area contributed by atoms with Crippen molar-refractivity contribution in [2.24, 2.45) is 0 Å². The number of halogens is 1. The van der Waals surface area contributed by atoms with E-state index in [4.69, 9.17) is 17.3 Å². The van der Waals surface area contributed by atoms with Gasteiger partial charge in [-0.25, -0.2) is 4.98 Å². The monoisotopic (exact) mass is 214 g/mol. The molecular weight excluding hydrogens is 204 g/mol. The first-order valence-electron chi connectivity index (χ1n) is 3.82. The number of hydrogen-bond acceptors (Lipinski definition) is 3. The van der Waals surface area contributed by atoms with Gasteiger partial charge >= 0.3 is 0 Å².